The number of para-hydroxylation sites is 1. The van der Waals surface area contributed by atoms with Crippen LogP contribution in [0.2, 0.25) is 0 Å². The molecule has 0 radical (unpaired) electrons. The molecule has 0 bridgehead atoms. The number of likely N-dealkylation sites (tertiary alicyclic amines) is 1. The number of piperazine rings is 1. The molecule has 0 unspecified atom stereocenters. The molecule has 2 atom stereocenters. The minimum Gasteiger partial charge on any atom is -0.492 e. The zero-order valence-electron chi connectivity index (χ0n) is 20.1. The van der Waals surface area contributed by atoms with Gasteiger partial charge < -0.3 is 19.5 Å². The Morgan fingerprint density at radius 1 is 0.824 bits per heavy atom. The van der Waals surface area contributed by atoms with Crippen molar-refractivity contribution in [1.82, 2.24) is 14.7 Å². The van der Waals surface area contributed by atoms with Gasteiger partial charge in [0.25, 0.3) is 0 Å². The van der Waals surface area contributed by atoms with Crippen molar-refractivity contribution in [3.63, 3.8) is 0 Å². The molecule has 7 heteroatoms. The Kier molecular flexibility index (Phi) is 7.98. The summed E-state index contributed by atoms with van der Waals surface area (Å²) in [6.07, 6.45) is -0.286. The van der Waals surface area contributed by atoms with Crippen molar-refractivity contribution in [2.24, 2.45) is 0 Å². The van der Waals surface area contributed by atoms with Gasteiger partial charge in [-0.05, 0) is 29.8 Å². The highest BCUT2D eigenvalue weighted by Crippen LogP contribution is 2.23. The number of morpholine rings is 1. The maximum Gasteiger partial charge on any atom is 0.119 e. The Bertz CT molecular complexity index is 867. The Morgan fingerprint density at radius 2 is 1.56 bits per heavy atom. The molecule has 5 rings (SSSR count). The molecule has 184 valence electrons. The second-order valence-corrected chi connectivity index (χ2v) is 9.63. The largest absolute Gasteiger partial charge is 0.492 e. The number of nitrogens with zero attached hydrogens (tertiary/aromatic N) is 4. The van der Waals surface area contributed by atoms with Crippen LogP contribution < -0.4 is 9.64 Å². The summed E-state index contributed by atoms with van der Waals surface area (Å²) in [4.78, 5) is 9.69. The minimum absolute atomic E-state index is 0.223. The van der Waals surface area contributed by atoms with E-state index in [9.17, 15) is 5.11 Å². The maximum absolute atomic E-state index is 10.8. The lowest BCUT2D eigenvalue weighted by molar-refractivity contribution is 0.0322. The van der Waals surface area contributed by atoms with Crippen LogP contribution in [0.4, 0.5) is 5.69 Å². The number of β-amino-alcohol motifs (C(OH)–C–C–N with tert-alkyl or cyclic N) is 1. The number of benzene rings is 2. The van der Waals surface area contributed by atoms with Crippen LogP contribution in [-0.2, 0) is 11.3 Å². The van der Waals surface area contributed by atoms with E-state index in [1.807, 2.05) is 0 Å². The second-order valence-electron chi connectivity index (χ2n) is 9.63. The van der Waals surface area contributed by atoms with Gasteiger partial charge in [-0.3, -0.25) is 14.7 Å². The fourth-order valence-electron chi connectivity index (χ4n) is 5.35. The van der Waals surface area contributed by atoms with Gasteiger partial charge in [-0.1, -0.05) is 30.3 Å². The summed E-state index contributed by atoms with van der Waals surface area (Å²) in [5.74, 6) is 0.924. The predicted molar refractivity (Wildman–Crippen MR) is 134 cm³/mol. The standard InChI is InChI=1S/C27H38N4O3/c32-27-22-29(21-26(27)31-12-10-30(11-13-31)24-4-2-1-3-5-24)20-23-6-8-25(9-7-23)34-19-16-28-14-17-33-18-15-28/h1-9,26-27,32H,10-22H2/t26-,27-/m0/s1. The van der Waals surface area contributed by atoms with E-state index >= 15 is 0 Å². The maximum atomic E-state index is 10.8. The van der Waals surface area contributed by atoms with Crippen LogP contribution in [0.25, 0.3) is 0 Å². The van der Waals surface area contributed by atoms with E-state index in [4.69, 9.17) is 9.47 Å². The first-order valence-corrected chi connectivity index (χ1v) is 12.7. The van der Waals surface area contributed by atoms with Crippen molar-refractivity contribution in [1.29, 1.82) is 0 Å². The smallest absolute Gasteiger partial charge is 0.119 e. The highest BCUT2D eigenvalue weighted by Gasteiger charge is 2.36. The average Bonchev–Trinajstić information content (AvgIpc) is 3.26. The Hall–Kier alpha value is -2.16. The molecule has 3 heterocycles. The van der Waals surface area contributed by atoms with Crippen molar-refractivity contribution < 1.29 is 14.6 Å². The van der Waals surface area contributed by atoms with E-state index in [1.54, 1.807) is 0 Å². The van der Waals surface area contributed by atoms with Crippen molar-refractivity contribution in [2.75, 3.05) is 83.6 Å². The number of aliphatic hydroxyl groups excluding tert-OH is 1. The van der Waals surface area contributed by atoms with E-state index in [0.717, 1.165) is 84.4 Å². The first-order chi connectivity index (χ1) is 16.7. The van der Waals surface area contributed by atoms with Crippen molar-refractivity contribution in [2.45, 2.75) is 18.7 Å². The van der Waals surface area contributed by atoms with Crippen LogP contribution in [0.5, 0.6) is 5.75 Å². The quantitative estimate of drug-likeness (QED) is 0.636. The summed E-state index contributed by atoms with van der Waals surface area (Å²) in [5, 5.41) is 10.8. The summed E-state index contributed by atoms with van der Waals surface area (Å²) in [7, 11) is 0. The second kappa shape index (κ2) is 11.5. The van der Waals surface area contributed by atoms with E-state index in [0.29, 0.717) is 6.61 Å². The zero-order chi connectivity index (χ0) is 23.2. The molecule has 3 saturated heterocycles. The van der Waals surface area contributed by atoms with Gasteiger partial charge in [0.1, 0.15) is 12.4 Å². The Labute approximate surface area is 203 Å². The van der Waals surface area contributed by atoms with Crippen LogP contribution >= 0.6 is 0 Å². The van der Waals surface area contributed by atoms with Crippen molar-refractivity contribution in [3.8, 4) is 5.75 Å². The number of hydrogen-bond donors (Lipinski definition) is 1. The third kappa shape index (κ3) is 6.09. The molecule has 2 aromatic carbocycles. The molecule has 3 fully saturated rings. The van der Waals surface area contributed by atoms with Gasteiger partial charge in [0.05, 0.1) is 19.3 Å². The number of rotatable bonds is 8. The van der Waals surface area contributed by atoms with Crippen LogP contribution in [0.15, 0.2) is 54.6 Å². The number of hydrogen-bond acceptors (Lipinski definition) is 7. The lowest BCUT2D eigenvalue weighted by Gasteiger charge is -2.39. The van der Waals surface area contributed by atoms with E-state index in [2.05, 4.69) is 74.2 Å². The molecule has 3 aliphatic heterocycles. The van der Waals surface area contributed by atoms with E-state index < -0.39 is 0 Å². The van der Waals surface area contributed by atoms with Crippen LogP contribution in [0.1, 0.15) is 5.56 Å². The molecule has 0 amide bonds. The predicted octanol–water partition coefficient (Wildman–Crippen LogP) is 1.76. The van der Waals surface area contributed by atoms with E-state index in [-0.39, 0.29) is 12.1 Å². The SMILES string of the molecule is O[C@H]1CN(Cc2ccc(OCCN3CCOCC3)cc2)C[C@@H]1N1CCN(c2ccccc2)CC1. The third-order valence-electron chi connectivity index (χ3n) is 7.35. The molecule has 7 nitrogen and oxygen atoms in total. The highest BCUT2D eigenvalue weighted by molar-refractivity contribution is 5.46. The molecule has 0 aliphatic carbocycles. The van der Waals surface area contributed by atoms with Gasteiger partial charge in [-0.15, -0.1) is 0 Å². The van der Waals surface area contributed by atoms with Crippen molar-refractivity contribution >= 4 is 5.69 Å². The molecular weight excluding hydrogens is 428 g/mol. The number of anilines is 1. The average molecular weight is 467 g/mol. The van der Waals surface area contributed by atoms with Crippen LogP contribution in [-0.4, -0.2) is 111 Å². The Balaban J connectivity index is 1.05. The summed E-state index contributed by atoms with van der Waals surface area (Å²) in [5.41, 5.74) is 2.56. The zero-order valence-corrected chi connectivity index (χ0v) is 20.1. The lowest BCUT2D eigenvalue weighted by atomic mass is 10.1. The molecular formula is C27H38N4O3. The van der Waals surface area contributed by atoms with Gasteiger partial charge in [0, 0.05) is 77.2 Å². The fourth-order valence-corrected chi connectivity index (χ4v) is 5.35. The summed E-state index contributed by atoms with van der Waals surface area (Å²) in [6.45, 7) is 11.8. The molecule has 34 heavy (non-hydrogen) atoms. The molecule has 0 saturated carbocycles. The van der Waals surface area contributed by atoms with Crippen LogP contribution in [0, 0.1) is 0 Å². The molecule has 0 spiro atoms. The number of ether oxygens (including phenoxy) is 2. The monoisotopic (exact) mass is 466 g/mol. The highest BCUT2D eigenvalue weighted by atomic mass is 16.5. The summed E-state index contributed by atoms with van der Waals surface area (Å²) in [6, 6.07) is 19.3. The van der Waals surface area contributed by atoms with E-state index in [1.165, 1.54) is 11.3 Å². The van der Waals surface area contributed by atoms with Crippen LogP contribution in [0.3, 0.4) is 0 Å². The first kappa shape index (κ1) is 23.6. The molecule has 3 aliphatic rings. The van der Waals surface area contributed by atoms with Gasteiger partial charge >= 0.3 is 0 Å². The third-order valence-corrected chi connectivity index (χ3v) is 7.35. The molecule has 1 N–H and O–H groups in total. The lowest BCUT2D eigenvalue weighted by Crippen LogP contribution is -2.53. The first-order valence-electron chi connectivity index (χ1n) is 12.7. The molecule has 0 aromatic heterocycles. The van der Waals surface area contributed by atoms with Crippen molar-refractivity contribution in [3.05, 3.63) is 60.2 Å². The molecule has 2 aromatic rings. The topological polar surface area (TPSA) is 51.7 Å². The Morgan fingerprint density at radius 3 is 2.29 bits per heavy atom. The van der Waals surface area contributed by atoms with Gasteiger partial charge in [0.15, 0.2) is 0 Å². The van der Waals surface area contributed by atoms with Gasteiger partial charge in [-0.2, -0.15) is 0 Å². The normalized spacial score (nSPS) is 25.0. The minimum atomic E-state index is -0.286. The van der Waals surface area contributed by atoms with Gasteiger partial charge in [-0.25, -0.2) is 0 Å². The number of aliphatic hydroxyl groups is 1. The summed E-state index contributed by atoms with van der Waals surface area (Å²) < 4.78 is 11.3. The summed E-state index contributed by atoms with van der Waals surface area (Å²) >= 11 is 0. The van der Waals surface area contributed by atoms with Gasteiger partial charge in [0.2, 0.25) is 0 Å². The fraction of sp³-hybridized carbons (Fsp3) is 0.556.